The summed E-state index contributed by atoms with van der Waals surface area (Å²) in [7, 11) is 0. The van der Waals surface area contributed by atoms with Crippen LogP contribution in [-0.2, 0) is 14.3 Å². The highest BCUT2D eigenvalue weighted by Crippen LogP contribution is 2.19. The van der Waals surface area contributed by atoms with Crippen molar-refractivity contribution in [3.63, 3.8) is 0 Å². The summed E-state index contributed by atoms with van der Waals surface area (Å²) < 4.78 is 5.11. The van der Waals surface area contributed by atoms with E-state index in [9.17, 15) is 9.59 Å². The maximum absolute atomic E-state index is 12.2. The highest BCUT2D eigenvalue weighted by atomic mass is 16.5. The minimum absolute atomic E-state index is 0.156. The third kappa shape index (κ3) is 5.48. The van der Waals surface area contributed by atoms with E-state index in [0.29, 0.717) is 0 Å². The van der Waals surface area contributed by atoms with E-state index in [0.717, 1.165) is 5.56 Å². The highest BCUT2D eigenvalue weighted by molar-refractivity contribution is 5.80. The molecule has 0 spiro atoms. The highest BCUT2D eigenvalue weighted by Gasteiger charge is 2.23. The van der Waals surface area contributed by atoms with Crippen LogP contribution in [0.2, 0.25) is 0 Å². The van der Waals surface area contributed by atoms with Gasteiger partial charge in [-0.1, -0.05) is 44.2 Å². The number of ether oxygens (including phenoxy) is 1. The van der Waals surface area contributed by atoms with E-state index >= 15 is 0 Å². The molecule has 122 valence electrons. The van der Waals surface area contributed by atoms with Gasteiger partial charge < -0.3 is 15.8 Å². The smallest absolute Gasteiger partial charge is 0.310 e. The van der Waals surface area contributed by atoms with Gasteiger partial charge in [0.25, 0.3) is 0 Å². The molecule has 0 bridgehead atoms. The molecule has 0 fully saturated rings. The predicted octanol–water partition coefficient (Wildman–Crippen LogP) is 2.03. The predicted molar refractivity (Wildman–Crippen MR) is 85.9 cm³/mol. The molecular formula is C17H26N2O3. The van der Waals surface area contributed by atoms with Crippen LogP contribution in [0, 0.1) is 11.8 Å². The fourth-order valence-corrected chi connectivity index (χ4v) is 1.97. The van der Waals surface area contributed by atoms with Crippen LogP contribution in [0.25, 0.3) is 0 Å². The van der Waals surface area contributed by atoms with Crippen molar-refractivity contribution in [2.45, 2.75) is 39.8 Å². The second-order valence-corrected chi connectivity index (χ2v) is 5.86. The molecule has 0 heterocycles. The van der Waals surface area contributed by atoms with Crippen molar-refractivity contribution < 1.29 is 14.3 Å². The monoisotopic (exact) mass is 306 g/mol. The molecular weight excluding hydrogens is 280 g/mol. The number of carbonyl (C=O) groups is 2. The van der Waals surface area contributed by atoms with Crippen LogP contribution in [0.3, 0.4) is 0 Å². The molecule has 3 N–H and O–H groups in total. The van der Waals surface area contributed by atoms with Crippen LogP contribution in [0.15, 0.2) is 30.3 Å². The number of benzene rings is 1. The van der Waals surface area contributed by atoms with E-state index in [1.165, 1.54) is 0 Å². The minimum atomic E-state index is -0.383. The number of esters is 1. The van der Waals surface area contributed by atoms with Gasteiger partial charge in [-0.05, 0) is 19.4 Å². The van der Waals surface area contributed by atoms with Crippen LogP contribution < -0.4 is 11.1 Å². The Kier molecular flexibility index (Phi) is 7.05. The normalized spacial score (nSPS) is 15.0. The first-order valence-corrected chi connectivity index (χ1v) is 7.61. The SMILES string of the molecule is CC(C)OC(=O)[C@H](C)CNC(=O)[C@H](C)[C@H](N)c1ccccc1. The maximum atomic E-state index is 12.2. The lowest BCUT2D eigenvalue weighted by Crippen LogP contribution is -2.39. The first-order chi connectivity index (χ1) is 10.3. The second kappa shape index (κ2) is 8.54. The van der Waals surface area contributed by atoms with Gasteiger partial charge in [0.2, 0.25) is 5.91 Å². The van der Waals surface area contributed by atoms with Gasteiger partial charge in [0.05, 0.1) is 17.9 Å². The molecule has 1 aromatic rings. The quantitative estimate of drug-likeness (QED) is 0.755. The summed E-state index contributed by atoms with van der Waals surface area (Å²) in [5, 5.41) is 2.77. The third-order valence-electron chi connectivity index (χ3n) is 3.47. The lowest BCUT2D eigenvalue weighted by molar-refractivity contribution is -0.151. The van der Waals surface area contributed by atoms with Crippen LogP contribution in [0.4, 0.5) is 0 Å². The number of rotatable bonds is 7. The van der Waals surface area contributed by atoms with E-state index in [4.69, 9.17) is 10.5 Å². The van der Waals surface area contributed by atoms with Crippen LogP contribution in [-0.4, -0.2) is 24.5 Å². The molecule has 0 radical (unpaired) electrons. The Bertz CT molecular complexity index is 488. The number of hydrogen-bond donors (Lipinski definition) is 2. The summed E-state index contributed by atoms with van der Waals surface area (Å²) in [6.07, 6.45) is -0.156. The molecule has 0 unspecified atom stereocenters. The minimum Gasteiger partial charge on any atom is -0.463 e. The number of carbonyl (C=O) groups excluding carboxylic acids is 2. The number of nitrogens with two attached hydrogens (primary N) is 1. The standard InChI is InChI=1S/C17H26N2O3/c1-11(2)22-17(21)12(3)10-19-16(20)13(4)15(18)14-8-6-5-7-9-14/h5-9,11-13,15H,10,18H2,1-4H3,(H,19,20)/t12-,13-,15+/m1/s1. The van der Waals surface area contributed by atoms with E-state index in [-0.39, 0.29) is 42.4 Å². The largest absolute Gasteiger partial charge is 0.463 e. The summed E-state index contributed by atoms with van der Waals surface area (Å²) >= 11 is 0. The summed E-state index contributed by atoms with van der Waals surface area (Å²) in [4.78, 5) is 23.9. The zero-order valence-electron chi connectivity index (χ0n) is 13.7. The Morgan fingerprint density at radius 2 is 1.73 bits per heavy atom. The second-order valence-electron chi connectivity index (χ2n) is 5.86. The topological polar surface area (TPSA) is 81.4 Å². The molecule has 22 heavy (non-hydrogen) atoms. The zero-order chi connectivity index (χ0) is 16.7. The number of nitrogens with one attached hydrogen (secondary N) is 1. The van der Waals surface area contributed by atoms with Crippen molar-refractivity contribution in [3.8, 4) is 0 Å². The molecule has 5 nitrogen and oxygen atoms in total. The van der Waals surface area contributed by atoms with Gasteiger partial charge in [0.1, 0.15) is 0 Å². The molecule has 0 saturated heterocycles. The Hall–Kier alpha value is -1.88. The Balaban J connectivity index is 2.49. The van der Waals surface area contributed by atoms with Crippen molar-refractivity contribution in [1.29, 1.82) is 0 Å². The van der Waals surface area contributed by atoms with E-state index in [1.54, 1.807) is 27.7 Å². The van der Waals surface area contributed by atoms with Gasteiger partial charge in [-0.25, -0.2) is 0 Å². The lowest BCUT2D eigenvalue weighted by atomic mass is 9.94. The van der Waals surface area contributed by atoms with Gasteiger partial charge in [-0.2, -0.15) is 0 Å². The molecule has 5 heteroatoms. The molecule has 3 atom stereocenters. The van der Waals surface area contributed by atoms with Crippen molar-refractivity contribution in [2.75, 3.05) is 6.54 Å². The average molecular weight is 306 g/mol. The fraction of sp³-hybridized carbons (Fsp3) is 0.529. The molecule has 0 saturated carbocycles. The van der Waals surface area contributed by atoms with Gasteiger partial charge in [0.15, 0.2) is 0 Å². The zero-order valence-corrected chi connectivity index (χ0v) is 13.7. The summed E-state index contributed by atoms with van der Waals surface area (Å²) in [5.41, 5.74) is 7.03. The van der Waals surface area contributed by atoms with Crippen LogP contribution in [0.5, 0.6) is 0 Å². The molecule has 1 rings (SSSR count). The molecule has 0 aliphatic carbocycles. The fourth-order valence-electron chi connectivity index (χ4n) is 1.97. The average Bonchev–Trinajstić information content (AvgIpc) is 2.50. The van der Waals surface area contributed by atoms with E-state index in [1.807, 2.05) is 30.3 Å². The van der Waals surface area contributed by atoms with Crippen molar-refractivity contribution in [3.05, 3.63) is 35.9 Å². The van der Waals surface area contributed by atoms with Crippen LogP contribution >= 0.6 is 0 Å². The first-order valence-electron chi connectivity index (χ1n) is 7.61. The lowest BCUT2D eigenvalue weighted by Gasteiger charge is -2.21. The number of amides is 1. The van der Waals surface area contributed by atoms with Crippen molar-refractivity contribution >= 4 is 11.9 Å². The van der Waals surface area contributed by atoms with Crippen molar-refractivity contribution in [1.82, 2.24) is 5.32 Å². The third-order valence-corrected chi connectivity index (χ3v) is 3.47. The van der Waals surface area contributed by atoms with E-state index < -0.39 is 0 Å². The maximum Gasteiger partial charge on any atom is 0.310 e. The Labute approximate surface area is 132 Å². The molecule has 0 aliphatic rings. The summed E-state index contributed by atoms with van der Waals surface area (Å²) in [6.45, 7) is 7.35. The summed E-state index contributed by atoms with van der Waals surface area (Å²) in [6, 6.07) is 9.12. The van der Waals surface area contributed by atoms with E-state index in [2.05, 4.69) is 5.32 Å². The Morgan fingerprint density at radius 3 is 2.27 bits per heavy atom. The van der Waals surface area contributed by atoms with Gasteiger partial charge in [0, 0.05) is 12.6 Å². The molecule has 0 aromatic heterocycles. The molecule has 1 amide bonds. The summed E-state index contributed by atoms with van der Waals surface area (Å²) in [5.74, 6) is -1.24. The first kappa shape index (κ1) is 18.2. The molecule has 1 aromatic carbocycles. The van der Waals surface area contributed by atoms with Crippen molar-refractivity contribution in [2.24, 2.45) is 17.6 Å². The van der Waals surface area contributed by atoms with Crippen LogP contribution in [0.1, 0.15) is 39.3 Å². The Morgan fingerprint density at radius 1 is 1.14 bits per heavy atom. The van der Waals surface area contributed by atoms with Gasteiger partial charge >= 0.3 is 5.97 Å². The van der Waals surface area contributed by atoms with Gasteiger partial charge in [-0.3, -0.25) is 9.59 Å². The van der Waals surface area contributed by atoms with Gasteiger partial charge in [-0.15, -0.1) is 0 Å². The number of hydrogen-bond acceptors (Lipinski definition) is 4. The molecule has 0 aliphatic heterocycles.